The molecule has 16 nitrogen and oxygen atoms in total. The minimum Gasteiger partial charge on any atom is -0.481 e. The van der Waals surface area contributed by atoms with Gasteiger partial charge in [0.1, 0.15) is 12.3 Å². The lowest BCUT2D eigenvalue weighted by atomic mass is 10.2. The Morgan fingerprint density at radius 2 is 1.31 bits per heavy atom. The average Bonchev–Trinajstić information content (AvgIpc) is 3.30. The molecule has 7 N–H and O–H groups in total. The van der Waals surface area contributed by atoms with Crippen LogP contribution in [0.25, 0.3) is 0 Å². The Kier molecular flexibility index (Phi) is 24.9. The van der Waals surface area contributed by atoms with Gasteiger partial charge in [0.05, 0.1) is 12.7 Å². The van der Waals surface area contributed by atoms with Crippen LogP contribution >= 0.6 is 7.82 Å². The predicted octanol–water partition coefficient (Wildman–Crippen LogP) is 3.56. The number of aliphatic hydroxyl groups excluding tert-OH is 1. The summed E-state index contributed by atoms with van der Waals surface area (Å²) < 4.78 is 21.4. The summed E-state index contributed by atoms with van der Waals surface area (Å²) in [4.78, 5) is 71.9. The van der Waals surface area contributed by atoms with E-state index in [1.165, 1.54) is 13.1 Å². The Bertz CT molecular complexity index is 1100. The molecular formula is C28H51N2O14P. The van der Waals surface area contributed by atoms with E-state index in [1.54, 1.807) is 0 Å². The maximum Gasteiger partial charge on any atom is 0.469 e. The van der Waals surface area contributed by atoms with Crippen LogP contribution < -0.4 is 11.2 Å². The number of carboxylic acid groups (broad SMARTS) is 3. The summed E-state index contributed by atoms with van der Waals surface area (Å²) in [7, 11) is -4.67. The van der Waals surface area contributed by atoms with E-state index in [2.05, 4.69) is 30.3 Å². The first-order valence-electron chi connectivity index (χ1n) is 15.0. The number of aromatic amines is 1. The summed E-state index contributed by atoms with van der Waals surface area (Å²) in [6.45, 7) is 7.17. The third-order valence-corrected chi connectivity index (χ3v) is 6.54. The number of hydrogen-bond donors (Lipinski definition) is 7. The van der Waals surface area contributed by atoms with Gasteiger partial charge in [-0.1, -0.05) is 59.3 Å². The van der Waals surface area contributed by atoms with Crippen molar-refractivity contribution in [3.05, 3.63) is 32.6 Å². The van der Waals surface area contributed by atoms with Crippen LogP contribution in [-0.4, -0.2) is 76.5 Å². The Hall–Kier alpha value is -2.88. The van der Waals surface area contributed by atoms with E-state index in [4.69, 9.17) is 29.8 Å². The van der Waals surface area contributed by atoms with Crippen LogP contribution in [0, 0.1) is 6.92 Å². The molecule has 0 amide bonds. The molecular weight excluding hydrogens is 619 g/mol. The summed E-state index contributed by atoms with van der Waals surface area (Å²) in [5.41, 5.74) is -0.918. The molecule has 0 saturated carbocycles. The number of unbranched alkanes of at least 4 members (excludes halogenated alkanes) is 6. The van der Waals surface area contributed by atoms with Crippen molar-refractivity contribution in [2.24, 2.45) is 0 Å². The molecule has 2 rings (SSSR count). The van der Waals surface area contributed by atoms with Gasteiger partial charge < -0.3 is 34.9 Å². The number of aromatic nitrogens is 2. The fourth-order valence-corrected chi connectivity index (χ4v) is 3.93. The highest BCUT2D eigenvalue weighted by Crippen LogP contribution is 2.38. The average molecular weight is 671 g/mol. The number of phosphoric acid groups is 1. The number of nitrogens with zero attached hydrogens (tertiary/aromatic N) is 1. The van der Waals surface area contributed by atoms with Gasteiger partial charge in [0.2, 0.25) is 0 Å². The fraction of sp³-hybridized carbons (Fsp3) is 0.750. The number of phosphoric ester groups is 1. The molecule has 262 valence electrons. The van der Waals surface area contributed by atoms with Crippen molar-refractivity contribution in [2.75, 3.05) is 6.61 Å². The smallest absolute Gasteiger partial charge is 0.469 e. The van der Waals surface area contributed by atoms with Crippen molar-refractivity contribution >= 4 is 25.7 Å². The second-order valence-electron chi connectivity index (χ2n) is 10.2. The van der Waals surface area contributed by atoms with Gasteiger partial charge in [-0.15, -0.1) is 0 Å². The monoisotopic (exact) mass is 670 g/mol. The van der Waals surface area contributed by atoms with E-state index in [9.17, 15) is 33.6 Å². The first-order valence-corrected chi connectivity index (χ1v) is 16.5. The highest BCUT2D eigenvalue weighted by atomic mass is 31.2. The highest BCUT2D eigenvalue weighted by Gasteiger charge is 2.37. The van der Waals surface area contributed by atoms with Gasteiger partial charge in [-0.25, -0.2) is 9.36 Å². The lowest BCUT2D eigenvalue weighted by Gasteiger charge is -2.16. The van der Waals surface area contributed by atoms with E-state index in [1.807, 2.05) is 0 Å². The van der Waals surface area contributed by atoms with Crippen LogP contribution in [0.5, 0.6) is 0 Å². The fourth-order valence-electron chi connectivity index (χ4n) is 3.59. The molecule has 45 heavy (non-hydrogen) atoms. The lowest BCUT2D eigenvalue weighted by Crippen LogP contribution is -2.33. The third-order valence-electron chi connectivity index (χ3n) is 6.05. The Morgan fingerprint density at radius 3 is 1.67 bits per heavy atom. The molecule has 0 radical (unpaired) electrons. The second-order valence-corrected chi connectivity index (χ2v) is 11.5. The van der Waals surface area contributed by atoms with Crippen LogP contribution in [0.15, 0.2) is 15.8 Å². The zero-order chi connectivity index (χ0) is 35.0. The SMILES string of the molecule is CCCCCC(=O)O.CCCCCC(=O)O.CCCCCC(=O)O.Cc1cn([C@H]2C[C@H](O)[C@@H](COP(=O)(O)O)O2)c(=O)[nH]c1=O. The predicted molar refractivity (Wildman–Crippen MR) is 164 cm³/mol. The van der Waals surface area contributed by atoms with Crippen molar-refractivity contribution in [1.82, 2.24) is 9.55 Å². The third kappa shape index (κ3) is 25.1. The molecule has 3 atom stereocenters. The molecule has 1 aliphatic rings. The number of carboxylic acids is 3. The summed E-state index contributed by atoms with van der Waals surface area (Å²) in [6, 6.07) is 0. The van der Waals surface area contributed by atoms with Crippen LogP contribution in [0.2, 0.25) is 0 Å². The summed E-state index contributed by atoms with van der Waals surface area (Å²) >= 11 is 0. The van der Waals surface area contributed by atoms with Crippen molar-refractivity contribution < 1.29 is 58.4 Å². The largest absolute Gasteiger partial charge is 0.481 e. The van der Waals surface area contributed by atoms with Crippen LogP contribution in [0.1, 0.15) is 116 Å². The number of rotatable bonds is 16. The highest BCUT2D eigenvalue weighted by molar-refractivity contribution is 7.46. The van der Waals surface area contributed by atoms with Crippen LogP contribution in [-0.2, 0) is 28.2 Å². The standard InChI is InChI=1S/C10H15N2O8P.3C6H12O2/c1-5-3-12(10(15)11-9(5)14)8-2-6(13)7(20-8)4-19-21(16,17)18;3*1-2-3-4-5-6(7)8/h3,6-8,13H,2,4H2,1H3,(H,11,14,15)(H2,16,17,18);3*2-5H2,1H3,(H,7,8)/t6-,7+,8+;;;/m0.../s1. The normalized spacial score (nSPS) is 17.1. The van der Waals surface area contributed by atoms with Gasteiger partial charge in [-0.3, -0.25) is 33.3 Å². The van der Waals surface area contributed by atoms with Gasteiger partial charge in [-0.05, 0) is 26.2 Å². The molecule has 1 fully saturated rings. The van der Waals surface area contributed by atoms with Gasteiger partial charge >= 0.3 is 31.4 Å². The number of nitrogens with one attached hydrogen (secondary N) is 1. The Labute approximate surface area is 262 Å². The molecule has 0 spiro atoms. The number of aliphatic carboxylic acids is 3. The number of ether oxygens (including phenoxy) is 1. The van der Waals surface area contributed by atoms with Gasteiger partial charge in [-0.2, -0.15) is 0 Å². The lowest BCUT2D eigenvalue weighted by molar-refractivity contribution is -0.138. The molecule has 1 aromatic rings. The Morgan fingerprint density at radius 1 is 0.889 bits per heavy atom. The van der Waals surface area contributed by atoms with Crippen LogP contribution in [0.3, 0.4) is 0 Å². The van der Waals surface area contributed by atoms with Crippen molar-refractivity contribution in [3.63, 3.8) is 0 Å². The van der Waals surface area contributed by atoms with Crippen molar-refractivity contribution in [3.8, 4) is 0 Å². The quantitative estimate of drug-likeness (QED) is 0.0980. The molecule has 1 aromatic heterocycles. The molecule has 0 aromatic carbocycles. The van der Waals surface area contributed by atoms with Gasteiger partial charge in [0.15, 0.2) is 0 Å². The van der Waals surface area contributed by atoms with Gasteiger partial charge in [0, 0.05) is 37.4 Å². The van der Waals surface area contributed by atoms with E-state index in [0.717, 1.165) is 62.4 Å². The van der Waals surface area contributed by atoms with E-state index >= 15 is 0 Å². The minimum absolute atomic E-state index is 0.0283. The molecule has 17 heteroatoms. The summed E-state index contributed by atoms with van der Waals surface area (Å²) in [6.07, 6.45) is 8.26. The number of hydrogen-bond acceptors (Lipinski definition) is 9. The molecule has 1 aliphatic heterocycles. The first kappa shape index (κ1) is 44.2. The summed E-state index contributed by atoms with van der Waals surface area (Å²) in [5.74, 6) is -2.05. The molecule has 1 saturated heterocycles. The maximum absolute atomic E-state index is 11.7. The minimum atomic E-state index is -4.67. The topological polar surface area (TPSA) is 263 Å². The summed E-state index contributed by atoms with van der Waals surface area (Å²) in [5, 5.41) is 34.2. The van der Waals surface area contributed by atoms with Gasteiger partial charge in [0.25, 0.3) is 5.56 Å². The first-order chi connectivity index (χ1) is 21.0. The van der Waals surface area contributed by atoms with E-state index in [0.29, 0.717) is 24.8 Å². The maximum atomic E-state index is 11.7. The molecule has 0 aliphatic carbocycles. The van der Waals surface area contributed by atoms with Crippen LogP contribution in [0.4, 0.5) is 0 Å². The molecule has 0 bridgehead atoms. The van der Waals surface area contributed by atoms with Crippen molar-refractivity contribution in [2.45, 2.75) is 130 Å². The van der Waals surface area contributed by atoms with Crippen molar-refractivity contribution in [1.29, 1.82) is 0 Å². The number of carbonyl (C=O) groups is 3. The Balaban J connectivity index is 0. The van der Waals surface area contributed by atoms with E-state index in [-0.39, 0.29) is 6.42 Å². The molecule has 2 heterocycles. The molecule has 0 unspecified atom stereocenters. The zero-order valence-electron chi connectivity index (χ0n) is 26.6. The number of aliphatic hydroxyl groups is 1. The number of aryl methyl sites for hydroxylation is 1. The zero-order valence-corrected chi connectivity index (χ0v) is 27.4. The number of H-pyrrole nitrogens is 1. The second kappa shape index (κ2) is 25.3. The van der Waals surface area contributed by atoms with E-state index < -0.39 is 62.0 Å².